The van der Waals surface area contributed by atoms with E-state index in [9.17, 15) is 0 Å². The lowest BCUT2D eigenvalue weighted by molar-refractivity contribution is 0.271. The molecule has 1 aliphatic heterocycles. The van der Waals surface area contributed by atoms with Crippen LogP contribution in [-0.2, 0) is 0 Å². The normalized spacial score (nSPS) is 15.6. The first-order valence-corrected chi connectivity index (χ1v) is 10.8. The molecule has 146 valence electrons. The summed E-state index contributed by atoms with van der Waals surface area (Å²) in [6.07, 6.45) is 2.24. The van der Waals surface area contributed by atoms with Gasteiger partial charge < -0.3 is 9.80 Å². The highest BCUT2D eigenvalue weighted by molar-refractivity contribution is 6.34. The van der Waals surface area contributed by atoms with Gasteiger partial charge in [-0.2, -0.15) is 0 Å². The zero-order valence-corrected chi connectivity index (χ0v) is 18.0. The van der Waals surface area contributed by atoms with Gasteiger partial charge in [0, 0.05) is 37.4 Å². The number of halogens is 1. The number of piperazine rings is 1. The Morgan fingerprint density at radius 1 is 0.926 bits per heavy atom. The topological polar surface area (TPSA) is 6.48 Å². The summed E-state index contributed by atoms with van der Waals surface area (Å²) in [6, 6.07) is 13.3. The molecule has 0 aliphatic carbocycles. The van der Waals surface area contributed by atoms with Crippen LogP contribution in [0, 0.1) is 6.92 Å². The van der Waals surface area contributed by atoms with Crippen molar-refractivity contribution >= 4 is 17.3 Å². The number of hydrogen-bond acceptors (Lipinski definition) is 2. The summed E-state index contributed by atoms with van der Waals surface area (Å²) in [7, 11) is 0. The van der Waals surface area contributed by atoms with Crippen molar-refractivity contribution in [1.29, 1.82) is 0 Å². The number of rotatable bonds is 6. The fourth-order valence-electron chi connectivity index (χ4n) is 4.23. The molecular formula is C24H33ClN2. The molecule has 27 heavy (non-hydrogen) atoms. The standard InChI is InChI=1S/C24H33ClN2/c1-5-19(6-2)22-16-20(27-14-12-26(7-3)13-15-27)17-23(24(22)25)21-11-9-8-10-18(21)4/h8-11,16-17,19H,5-7,12-15H2,1-4H3. The van der Waals surface area contributed by atoms with Crippen molar-refractivity contribution in [1.82, 2.24) is 4.90 Å². The summed E-state index contributed by atoms with van der Waals surface area (Å²) < 4.78 is 0. The first kappa shape index (κ1) is 20.2. The Hall–Kier alpha value is -1.51. The van der Waals surface area contributed by atoms with Gasteiger partial charge in [0.05, 0.1) is 5.02 Å². The lowest BCUT2D eigenvalue weighted by Gasteiger charge is -2.36. The van der Waals surface area contributed by atoms with Crippen LogP contribution in [0.2, 0.25) is 5.02 Å². The van der Waals surface area contributed by atoms with Crippen LogP contribution in [0.25, 0.3) is 11.1 Å². The molecule has 2 nitrogen and oxygen atoms in total. The van der Waals surface area contributed by atoms with Gasteiger partial charge in [0.15, 0.2) is 0 Å². The maximum Gasteiger partial charge on any atom is 0.0520 e. The average molecular weight is 385 g/mol. The Kier molecular flexibility index (Phi) is 6.83. The van der Waals surface area contributed by atoms with Crippen LogP contribution in [0.3, 0.4) is 0 Å². The molecule has 0 bridgehead atoms. The SMILES string of the molecule is CCC(CC)c1cc(N2CCN(CC)CC2)cc(-c2ccccc2C)c1Cl. The van der Waals surface area contributed by atoms with E-state index in [1.54, 1.807) is 0 Å². The van der Waals surface area contributed by atoms with Crippen LogP contribution >= 0.6 is 11.6 Å². The van der Waals surface area contributed by atoms with Gasteiger partial charge in [0.1, 0.15) is 0 Å². The van der Waals surface area contributed by atoms with Crippen molar-refractivity contribution in [3.05, 3.63) is 52.5 Å². The second-order valence-corrected chi connectivity index (χ2v) is 8.02. The average Bonchev–Trinajstić information content (AvgIpc) is 2.71. The van der Waals surface area contributed by atoms with Crippen LogP contribution in [0.1, 0.15) is 50.7 Å². The summed E-state index contributed by atoms with van der Waals surface area (Å²) in [4.78, 5) is 5.06. The Bertz CT molecular complexity index is 759. The zero-order chi connectivity index (χ0) is 19.4. The van der Waals surface area contributed by atoms with Gasteiger partial charge in [-0.15, -0.1) is 0 Å². The lowest BCUT2D eigenvalue weighted by Crippen LogP contribution is -2.46. The number of nitrogens with zero attached hydrogens (tertiary/aromatic N) is 2. The molecule has 0 atom stereocenters. The van der Waals surface area contributed by atoms with E-state index in [0.29, 0.717) is 5.92 Å². The molecule has 1 fully saturated rings. The van der Waals surface area contributed by atoms with E-state index < -0.39 is 0 Å². The quantitative estimate of drug-likeness (QED) is 0.571. The van der Waals surface area contributed by atoms with Crippen molar-refractivity contribution < 1.29 is 0 Å². The smallest absolute Gasteiger partial charge is 0.0520 e. The molecule has 2 aromatic rings. The van der Waals surface area contributed by atoms with Crippen LogP contribution in [0.15, 0.2) is 36.4 Å². The molecule has 3 heteroatoms. The van der Waals surface area contributed by atoms with E-state index in [2.05, 4.69) is 73.9 Å². The number of aryl methyl sites for hydroxylation is 1. The second-order valence-electron chi connectivity index (χ2n) is 7.65. The largest absolute Gasteiger partial charge is 0.369 e. The molecule has 0 N–H and O–H groups in total. The molecule has 0 amide bonds. The van der Waals surface area contributed by atoms with Gasteiger partial charge in [-0.25, -0.2) is 0 Å². The Balaban J connectivity index is 2.07. The zero-order valence-electron chi connectivity index (χ0n) is 17.3. The van der Waals surface area contributed by atoms with E-state index in [1.807, 2.05) is 0 Å². The first-order valence-electron chi connectivity index (χ1n) is 10.5. The van der Waals surface area contributed by atoms with Crippen molar-refractivity contribution in [2.75, 3.05) is 37.6 Å². The van der Waals surface area contributed by atoms with Gasteiger partial charge in [-0.1, -0.05) is 56.6 Å². The minimum atomic E-state index is 0.511. The van der Waals surface area contributed by atoms with Crippen molar-refractivity contribution in [2.24, 2.45) is 0 Å². The summed E-state index contributed by atoms with van der Waals surface area (Å²) >= 11 is 7.00. The van der Waals surface area contributed by atoms with Gasteiger partial charge in [-0.05, 0) is 61.1 Å². The second kappa shape index (κ2) is 9.12. The third kappa shape index (κ3) is 4.33. The molecule has 0 aromatic heterocycles. The minimum Gasteiger partial charge on any atom is -0.369 e. The molecule has 0 saturated carbocycles. The Labute approximate surface area is 170 Å². The first-order chi connectivity index (χ1) is 13.1. The highest BCUT2D eigenvalue weighted by Crippen LogP contribution is 2.41. The van der Waals surface area contributed by atoms with Gasteiger partial charge in [0.25, 0.3) is 0 Å². The van der Waals surface area contributed by atoms with Gasteiger partial charge >= 0.3 is 0 Å². The number of likely N-dealkylation sites (N-methyl/N-ethyl adjacent to an activating group) is 1. The van der Waals surface area contributed by atoms with Crippen molar-refractivity contribution in [3.63, 3.8) is 0 Å². The van der Waals surface area contributed by atoms with Crippen LogP contribution < -0.4 is 4.90 Å². The summed E-state index contributed by atoms with van der Waals surface area (Å²) in [5, 5.41) is 0.939. The fourth-order valence-corrected chi connectivity index (χ4v) is 4.60. The van der Waals surface area contributed by atoms with E-state index in [4.69, 9.17) is 11.6 Å². The molecule has 0 spiro atoms. The molecule has 0 radical (unpaired) electrons. The summed E-state index contributed by atoms with van der Waals surface area (Å²) in [6.45, 7) is 14.6. The highest BCUT2D eigenvalue weighted by atomic mass is 35.5. The van der Waals surface area contributed by atoms with E-state index >= 15 is 0 Å². The van der Waals surface area contributed by atoms with Crippen molar-refractivity contribution in [3.8, 4) is 11.1 Å². The minimum absolute atomic E-state index is 0.511. The third-order valence-corrected chi connectivity index (χ3v) is 6.55. The van der Waals surface area contributed by atoms with Crippen LogP contribution in [0.4, 0.5) is 5.69 Å². The van der Waals surface area contributed by atoms with Crippen LogP contribution in [0.5, 0.6) is 0 Å². The monoisotopic (exact) mass is 384 g/mol. The maximum absolute atomic E-state index is 7.00. The number of benzene rings is 2. The lowest BCUT2D eigenvalue weighted by atomic mass is 9.89. The molecular weight excluding hydrogens is 352 g/mol. The molecule has 1 saturated heterocycles. The summed E-state index contributed by atoms with van der Waals surface area (Å²) in [5.41, 5.74) is 6.37. The van der Waals surface area contributed by atoms with Crippen molar-refractivity contribution in [2.45, 2.75) is 46.5 Å². The Morgan fingerprint density at radius 2 is 1.59 bits per heavy atom. The Morgan fingerprint density at radius 3 is 2.19 bits per heavy atom. The summed E-state index contributed by atoms with van der Waals surface area (Å²) in [5.74, 6) is 0.511. The molecule has 0 unspecified atom stereocenters. The molecule has 2 aromatic carbocycles. The predicted octanol–water partition coefficient (Wildman–Crippen LogP) is 6.36. The number of hydrogen-bond donors (Lipinski definition) is 0. The van der Waals surface area contributed by atoms with E-state index in [1.165, 1.54) is 27.9 Å². The third-order valence-electron chi connectivity index (χ3n) is 6.13. The van der Waals surface area contributed by atoms with E-state index in [-0.39, 0.29) is 0 Å². The van der Waals surface area contributed by atoms with Crippen LogP contribution in [-0.4, -0.2) is 37.6 Å². The number of anilines is 1. The van der Waals surface area contributed by atoms with E-state index in [0.717, 1.165) is 50.6 Å². The van der Waals surface area contributed by atoms with Gasteiger partial charge in [-0.3, -0.25) is 0 Å². The fraction of sp³-hybridized carbons (Fsp3) is 0.500. The maximum atomic E-state index is 7.00. The molecule has 1 heterocycles. The predicted molar refractivity (Wildman–Crippen MR) is 119 cm³/mol. The molecule has 1 aliphatic rings. The van der Waals surface area contributed by atoms with Gasteiger partial charge in [0.2, 0.25) is 0 Å². The molecule has 3 rings (SSSR count). The highest BCUT2D eigenvalue weighted by Gasteiger charge is 2.22.